The lowest BCUT2D eigenvalue weighted by Gasteiger charge is -2.03. The Morgan fingerprint density at radius 1 is 1.21 bits per heavy atom. The SMILES string of the molecule is FC(F)(F)c1c[nH]c2cc(Cl)ccc12. The average molecular weight is 220 g/mol. The normalized spacial score (nSPS) is 12.3. The molecular formula is C9H5ClF3N. The van der Waals surface area contributed by atoms with Gasteiger partial charge in [0.05, 0.1) is 5.56 Å². The van der Waals surface area contributed by atoms with Gasteiger partial charge in [-0.3, -0.25) is 0 Å². The van der Waals surface area contributed by atoms with Crippen LogP contribution < -0.4 is 0 Å². The minimum Gasteiger partial charge on any atom is -0.361 e. The first-order valence-electron chi connectivity index (χ1n) is 3.82. The molecule has 2 aromatic rings. The summed E-state index contributed by atoms with van der Waals surface area (Å²) in [6, 6.07) is 4.26. The smallest absolute Gasteiger partial charge is 0.361 e. The van der Waals surface area contributed by atoms with Crippen LogP contribution in [-0.4, -0.2) is 4.98 Å². The van der Waals surface area contributed by atoms with Crippen molar-refractivity contribution >= 4 is 22.5 Å². The molecule has 0 radical (unpaired) electrons. The summed E-state index contributed by atoms with van der Waals surface area (Å²) in [7, 11) is 0. The van der Waals surface area contributed by atoms with Crippen LogP contribution in [0.15, 0.2) is 24.4 Å². The fraction of sp³-hybridized carbons (Fsp3) is 0.111. The van der Waals surface area contributed by atoms with E-state index in [0.717, 1.165) is 6.20 Å². The Kier molecular flexibility index (Phi) is 1.96. The molecule has 74 valence electrons. The van der Waals surface area contributed by atoms with Crippen LogP contribution in [0, 0.1) is 0 Å². The molecule has 0 aliphatic heterocycles. The van der Waals surface area contributed by atoms with Crippen LogP contribution in [0.25, 0.3) is 10.9 Å². The first-order valence-corrected chi connectivity index (χ1v) is 4.20. The van der Waals surface area contributed by atoms with Gasteiger partial charge < -0.3 is 4.98 Å². The molecule has 1 aromatic heterocycles. The molecule has 0 atom stereocenters. The molecular weight excluding hydrogens is 215 g/mol. The second kappa shape index (κ2) is 2.92. The van der Waals surface area contributed by atoms with Crippen molar-refractivity contribution in [3.63, 3.8) is 0 Å². The zero-order valence-corrected chi connectivity index (χ0v) is 7.58. The third-order valence-corrected chi connectivity index (χ3v) is 2.18. The quantitative estimate of drug-likeness (QED) is 0.693. The van der Waals surface area contributed by atoms with Crippen molar-refractivity contribution in [2.75, 3.05) is 0 Å². The van der Waals surface area contributed by atoms with E-state index in [-0.39, 0.29) is 5.39 Å². The van der Waals surface area contributed by atoms with Crippen LogP contribution in [-0.2, 0) is 6.18 Å². The molecule has 1 nitrogen and oxygen atoms in total. The number of fused-ring (bicyclic) bond motifs is 1. The van der Waals surface area contributed by atoms with E-state index in [1.807, 2.05) is 0 Å². The minimum absolute atomic E-state index is 0.141. The Morgan fingerprint density at radius 2 is 1.93 bits per heavy atom. The fourth-order valence-electron chi connectivity index (χ4n) is 1.33. The summed E-state index contributed by atoms with van der Waals surface area (Å²) in [6.45, 7) is 0. The van der Waals surface area contributed by atoms with E-state index in [9.17, 15) is 13.2 Å². The highest BCUT2D eigenvalue weighted by atomic mass is 35.5. The van der Waals surface area contributed by atoms with Crippen molar-refractivity contribution < 1.29 is 13.2 Å². The number of H-pyrrole nitrogens is 1. The van der Waals surface area contributed by atoms with Crippen LogP contribution in [0.2, 0.25) is 5.02 Å². The van der Waals surface area contributed by atoms with E-state index >= 15 is 0 Å². The predicted octanol–water partition coefficient (Wildman–Crippen LogP) is 3.84. The van der Waals surface area contributed by atoms with Gasteiger partial charge in [-0.15, -0.1) is 0 Å². The molecule has 0 saturated carbocycles. The third-order valence-electron chi connectivity index (χ3n) is 1.95. The molecule has 1 heterocycles. The summed E-state index contributed by atoms with van der Waals surface area (Å²) in [6.07, 6.45) is -3.38. The molecule has 0 saturated heterocycles. The summed E-state index contributed by atoms with van der Waals surface area (Å²) >= 11 is 5.64. The van der Waals surface area contributed by atoms with Crippen LogP contribution >= 0.6 is 11.6 Å². The maximum Gasteiger partial charge on any atom is 0.418 e. The number of rotatable bonds is 0. The van der Waals surface area contributed by atoms with Crippen molar-refractivity contribution in [3.05, 3.63) is 35.0 Å². The van der Waals surface area contributed by atoms with E-state index in [1.165, 1.54) is 18.2 Å². The van der Waals surface area contributed by atoms with Gasteiger partial charge in [0.1, 0.15) is 0 Å². The molecule has 0 spiro atoms. The number of nitrogens with one attached hydrogen (secondary N) is 1. The van der Waals surface area contributed by atoms with Gasteiger partial charge in [-0.2, -0.15) is 13.2 Å². The summed E-state index contributed by atoms with van der Waals surface area (Å²) < 4.78 is 37.2. The van der Waals surface area contributed by atoms with Crippen molar-refractivity contribution in [2.45, 2.75) is 6.18 Å². The van der Waals surface area contributed by atoms with Crippen LogP contribution in [0.1, 0.15) is 5.56 Å². The number of benzene rings is 1. The molecule has 0 aliphatic rings. The summed E-state index contributed by atoms with van der Waals surface area (Å²) in [5, 5.41) is 0.551. The van der Waals surface area contributed by atoms with E-state index < -0.39 is 11.7 Å². The Morgan fingerprint density at radius 3 is 2.57 bits per heavy atom. The zero-order valence-electron chi connectivity index (χ0n) is 6.82. The Hall–Kier alpha value is -1.16. The lowest BCUT2D eigenvalue weighted by atomic mass is 10.2. The standard InChI is InChI=1S/C9H5ClF3N/c10-5-1-2-6-7(9(11,12)13)4-14-8(6)3-5/h1-4,14H. The van der Waals surface area contributed by atoms with Gasteiger partial charge in [-0.25, -0.2) is 0 Å². The van der Waals surface area contributed by atoms with Gasteiger partial charge in [0.25, 0.3) is 0 Å². The molecule has 0 unspecified atom stereocenters. The second-order valence-electron chi connectivity index (χ2n) is 2.89. The van der Waals surface area contributed by atoms with Crippen molar-refractivity contribution in [1.29, 1.82) is 0 Å². The third kappa shape index (κ3) is 1.46. The number of alkyl halides is 3. The number of aromatic amines is 1. The summed E-state index contributed by atoms with van der Waals surface area (Å²) in [5.41, 5.74) is -0.269. The highest BCUT2D eigenvalue weighted by Crippen LogP contribution is 2.35. The Balaban J connectivity index is 2.70. The molecule has 5 heteroatoms. The summed E-state index contributed by atoms with van der Waals surface area (Å²) in [4.78, 5) is 2.53. The van der Waals surface area contributed by atoms with Gasteiger partial charge >= 0.3 is 6.18 Å². The first-order chi connectivity index (χ1) is 6.48. The van der Waals surface area contributed by atoms with Crippen molar-refractivity contribution in [2.24, 2.45) is 0 Å². The average Bonchev–Trinajstić information content (AvgIpc) is 2.45. The van der Waals surface area contributed by atoms with Gasteiger partial charge in [0.15, 0.2) is 0 Å². The predicted molar refractivity (Wildman–Crippen MR) is 48.3 cm³/mol. The van der Waals surface area contributed by atoms with Crippen molar-refractivity contribution in [3.8, 4) is 0 Å². The first kappa shape index (κ1) is 9.40. The maximum atomic E-state index is 12.4. The zero-order chi connectivity index (χ0) is 10.3. The minimum atomic E-state index is -4.33. The largest absolute Gasteiger partial charge is 0.418 e. The number of aromatic nitrogens is 1. The number of hydrogen-bond acceptors (Lipinski definition) is 0. The highest BCUT2D eigenvalue weighted by Gasteiger charge is 2.33. The van der Waals surface area contributed by atoms with Gasteiger partial charge in [0.2, 0.25) is 0 Å². The van der Waals surface area contributed by atoms with Gasteiger partial charge in [-0.1, -0.05) is 17.7 Å². The lowest BCUT2D eigenvalue weighted by molar-refractivity contribution is -0.136. The van der Waals surface area contributed by atoms with Crippen LogP contribution in [0.4, 0.5) is 13.2 Å². The molecule has 0 aliphatic carbocycles. The van der Waals surface area contributed by atoms with Crippen molar-refractivity contribution in [1.82, 2.24) is 4.98 Å². The second-order valence-corrected chi connectivity index (χ2v) is 3.33. The lowest BCUT2D eigenvalue weighted by Crippen LogP contribution is -2.03. The Bertz CT molecular complexity index is 472. The number of halogens is 4. The van der Waals surface area contributed by atoms with E-state index in [4.69, 9.17) is 11.6 Å². The molecule has 0 amide bonds. The molecule has 14 heavy (non-hydrogen) atoms. The van der Waals surface area contributed by atoms with E-state index in [0.29, 0.717) is 10.5 Å². The molecule has 2 rings (SSSR count). The number of hydrogen-bond donors (Lipinski definition) is 1. The molecule has 0 fully saturated rings. The highest BCUT2D eigenvalue weighted by molar-refractivity contribution is 6.31. The Labute approximate surface area is 82.5 Å². The monoisotopic (exact) mass is 219 g/mol. The molecule has 1 aromatic carbocycles. The topological polar surface area (TPSA) is 15.8 Å². The van der Waals surface area contributed by atoms with Gasteiger partial charge in [0, 0.05) is 22.1 Å². The molecule has 0 bridgehead atoms. The van der Waals surface area contributed by atoms with E-state index in [2.05, 4.69) is 4.98 Å². The molecule has 1 N–H and O–H groups in total. The van der Waals surface area contributed by atoms with E-state index in [1.54, 1.807) is 0 Å². The van der Waals surface area contributed by atoms with Crippen LogP contribution in [0.3, 0.4) is 0 Å². The summed E-state index contributed by atoms with van der Waals surface area (Å²) in [5.74, 6) is 0. The van der Waals surface area contributed by atoms with Gasteiger partial charge in [-0.05, 0) is 12.1 Å². The fourth-order valence-corrected chi connectivity index (χ4v) is 1.51. The van der Waals surface area contributed by atoms with Crippen LogP contribution in [0.5, 0.6) is 0 Å². The maximum absolute atomic E-state index is 12.4.